The van der Waals surface area contributed by atoms with Gasteiger partial charge in [0.15, 0.2) is 0 Å². The van der Waals surface area contributed by atoms with Crippen molar-refractivity contribution in [1.29, 1.82) is 0 Å². The van der Waals surface area contributed by atoms with Crippen molar-refractivity contribution in [1.82, 2.24) is 0 Å². The van der Waals surface area contributed by atoms with Crippen LogP contribution in [0.1, 0.15) is 17.3 Å². The van der Waals surface area contributed by atoms with Gasteiger partial charge in [-0.25, -0.2) is 4.79 Å². The van der Waals surface area contributed by atoms with Crippen LogP contribution < -0.4 is 11.1 Å². The number of esters is 1. The second-order valence-corrected chi connectivity index (χ2v) is 5.04. The summed E-state index contributed by atoms with van der Waals surface area (Å²) in [7, 11) is 0. The molecule has 0 heterocycles. The lowest BCUT2D eigenvalue weighted by molar-refractivity contribution is 0.0527. The van der Waals surface area contributed by atoms with Crippen molar-refractivity contribution in [2.75, 3.05) is 17.7 Å². The summed E-state index contributed by atoms with van der Waals surface area (Å²) in [5, 5.41) is 3.16. The molecule has 0 aliphatic heterocycles. The van der Waals surface area contributed by atoms with E-state index in [1.165, 1.54) is 0 Å². The molecule has 3 N–H and O–H groups in total. The van der Waals surface area contributed by atoms with Gasteiger partial charge in [-0.15, -0.1) is 0 Å². The number of nitrogens with two attached hydrogens (primary N) is 1. The van der Waals surface area contributed by atoms with Crippen molar-refractivity contribution in [3.05, 3.63) is 52.5 Å². The van der Waals surface area contributed by atoms with Crippen LogP contribution in [-0.4, -0.2) is 12.6 Å². The normalized spacial score (nSPS) is 10.1. The van der Waals surface area contributed by atoms with Crippen LogP contribution >= 0.6 is 15.9 Å². The van der Waals surface area contributed by atoms with Gasteiger partial charge < -0.3 is 15.8 Å². The zero-order valence-electron chi connectivity index (χ0n) is 11.0. The van der Waals surface area contributed by atoms with Gasteiger partial charge in [0.05, 0.1) is 23.5 Å². The lowest BCUT2D eigenvalue weighted by Gasteiger charge is -2.13. The van der Waals surface area contributed by atoms with Gasteiger partial charge in [-0.2, -0.15) is 0 Å². The molecule has 0 spiro atoms. The van der Waals surface area contributed by atoms with Gasteiger partial charge >= 0.3 is 5.97 Å². The Labute approximate surface area is 126 Å². The van der Waals surface area contributed by atoms with Gasteiger partial charge in [0.25, 0.3) is 0 Å². The number of rotatable bonds is 4. The number of hydrogen-bond acceptors (Lipinski definition) is 4. The zero-order valence-corrected chi connectivity index (χ0v) is 12.6. The molecule has 2 aromatic carbocycles. The zero-order chi connectivity index (χ0) is 14.5. The van der Waals surface area contributed by atoms with Crippen LogP contribution in [0.4, 0.5) is 17.1 Å². The molecule has 0 amide bonds. The summed E-state index contributed by atoms with van der Waals surface area (Å²) < 4.78 is 6.02. The number of benzene rings is 2. The predicted octanol–water partition coefficient (Wildman–Crippen LogP) is 3.95. The highest BCUT2D eigenvalue weighted by atomic mass is 79.9. The molecule has 0 radical (unpaired) electrons. The number of carbonyl (C=O) groups is 1. The lowest BCUT2D eigenvalue weighted by atomic mass is 10.1. The molecule has 0 saturated carbocycles. The van der Waals surface area contributed by atoms with Crippen LogP contribution in [0, 0.1) is 0 Å². The highest BCUT2D eigenvalue weighted by Crippen LogP contribution is 2.28. The van der Waals surface area contributed by atoms with E-state index >= 15 is 0 Å². The van der Waals surface area contributed by atoms with Crippen LogP contribution in [-0.2, 0) is 4.74 Å². The van der Waals surface area contributed by atoms with Crippen molar-refractivity contribution < 1.29 is 9.53 Å². The summed E-state index contributed by atoms with van der Waals surface area (Å²) in [6.45, 7) is 2.09. The molecule has 5 heteroatoms. The largest absolute Gasteiger partial charge is 0.462 e. The highest BCUT2D eigenvalue weighted by molar-refractivity contribution is 9.10. The molecule has 4 nitrogen and oxygen atoms in total. The molecular formula is C15H15BrN2O2. The first-order chi connectivity index (χ1) is 9.61. The SMILES string of the molecule is CCOC(=O)c1cccc(N)c1Nc1ccc(Br)cc1. The molecule has 0 saturated heterocycles. The topological polar surface area (TPSA) is 64.3 Å². The molecule has 2 aromatic rings. The summed E-state index contributed by atoms with van der Waals surface area (Å²) in [5.41, 5.74) is 8.29. The van der Waals surface area contributed by atoms with Crippen LogP contribution in [0.25, 0.3) is 0 Å². The molecular weight excluding hydrogens is 320 g/mol. The maximum Gasteiger partial charge on any atom is 0.340 e. The lowest BCUT2D eigenvalue weighted by Crippen LogP contribution is -2.09. The average molecular weight is 335 g/mol. The maximum absolute atomic E-state index is 11.9. The van der Waals surface area contributed by atoms with E-state index in [-0.39, 0.29) is 5.97 Å². The number of halogens is 1. The molecule has 2 rings (SSSR count). The molecule has 0 bridgehead atoms. The van der Waals surface area contributed by atoms with E-state index in [4.69, 9.17) is 10.5 Å². The van der Waals surface area contributed by atoms with Gasteiger partial charge in [0.1, 0.15) is 0 Å². The summed E-state index contributed by atoms with van der Waals surface area (Å²) in [6.07, 6.45) is 0. The molecule has 20 heavy (non-hydrogen) atoms. The first-order valence-corrected chi connectivity index (χ1v) is 6.99. The molecule has 104 valence electrons. The van der Waals surface area contributed by atoms with Gasteiger partial charge in [-0.1, -0.05) is 22.0 Å². The third kappa shape index (κ3) is 3.30. The van der Waals surface area contributed by atoms with Gasteiger partial charge in [0.2, 0.25) is 0 Å². The molecule has 0 aliphatic carbocycles. The van der Waals surface area contributed by atoms with Gasteiger partial charge in [-0.05, 0) is 43.3 Å². The fraction of sp³-hybridized carbons (Fsp3) is 0.133. The fourth-order valence-electron chi connectivity index (χ4n) is 1.77. The Hall–Kier alpha value is -2.01. The Morgan fingerprint density at radius 3 is 2.60 bits per heavy atom. The Morgan fingerprint density at radius 1 is 1.25 bits per heavy atom. The molecule has 0 aromatic heterocycles. The fourth-order valence-corrected chi connectivity index (χ4v) is 2.03. The Bertz CT molecular complexity index is 612. The van der Waals surface area contributed by atoms with Crippen LogP contribution in [0.15, 0.2) is 46.9 Å². The standard InChI is InChI=1S/C15H15BrN2O2/c1-2-20-15(19)12-4-3-5-13(17)14(12)18-11-8-6-10(16)7-9-11/h3-9,18H,2,17H2,1H3. The van der Waals surface area contributed by atoms with Gasteiger partial charge in [-0.3, -0.25) is 0 Å². The highest BCUT2D eigenvalue weighted by Gasteiger charge is 2.14. The predicted molar refractivity (Wildman–Crippen MR) is 84.2 cm³/mol. The Balaban J connectivity index is 2.34. The third-order valence-electron chi connectivity index (χ3n) is 2.71. The minimum Gasteiger partial charge on any atom is -0.462 e. The van der Waals surface area contributed by atoms with Crippen molar-refractivity contribution in [2.45, 2.75) is 6.92 Å². The van der Waals surface area contributed by atoms with Crippen molar-refractivity contribution >= 4 is 39.0 Å². The van der Waals surface area contributed by atoms with Gasteiger partial charge in [0, 0.05) is 10.2 Å². The maximum atomic E-state index is 11.9. The third-order valence-corrected chi connectivity index (χ3v) is 3.23. The van der Waals surface area contributed by atoms with Crippen LogP contribution in [0.3, 0.4) is 0 Å². The Morgan fingerprint density at radius 2 is 1.95 bits per heavy atom. The Kier molecular flexibility index (Phi) is 4.63. The van der Waals surface area contributed by atoms with E-state index in [2.05, 4.69) is 21.2 Å². The second-order valence-electron chi connectivity index (χ2n) is 4.12. The first kappa shape index (κ1) is 14.4. The number of anilines is 3. The van der Waals surface area contributed by atoms with Crippen LogP contribution in [0.2, 0.25) is 0 Å². The van der Waals surface area contributed by atoms with Crippen molar-refractivity contribution in [3.63, 3.8) is 0 Å². The van der Waals surface area contributed by atoms with E-state index < -0.39 is 0 Å². The molecule has 0 aliphatic rings. The first-order valence-electron chi connectivity index (χ1n) is 6.20. The smallest absolute Gasteiger partial charge is 0.340 e. The summed E-state index contributed by atoms with van der Waals surface area (Å²) in [5.74, 6) is -0.389. The van der Waals surface area contributed by atoms with E-state index in [1.54, 1.807) is 25.1 Å². The quantitative estimate of drug-likeness (QED) is 0.656. The number of carbonyl (C=O) groups excluding carboxylic acids is 1. The number of hydrogen-bond donors (Lipinski definition) is 2. The minimum atomic E-state index is -0.389. The van der Waals surface area contributed by atoms with E-state index in [0.29, 0.717) is 23.5 Å². The van der Waals surface area contributed by atoms with Crippen LogP contribution in [0.5, 0.6) is 0 Å². The number of nitrogen functional groups attached to an aromatic ring is 1. The summed E-state index contributed by atoms with van der Waals surface area (Å²) in [6, 6.07) is 12.8. The molecule has 0 unspecified atom stereocenters. The minimum absolute atomic E-state index is 0.325. The van der Waals surface area contributed by atoms with Crippen molar-refractivity contribution in [3.8, 4) is 0 Å². The molecule has 0 fully saturated rings. The number of nitrogens with one attached hydrogen (secondary N) is 1. The van der Waals surface area contributed by atoms with E-state index in [1.807, 2.05) is 24.3 Å². The monoisotopic (exact) mass is 334 g/mol. The number of ether oxygens (including phenoxy) is 1. The second kappa shape index (κ2) is 6.43. The summed E-state index contributed by atoms with van der Waals surface area (Å²) >= 11 is 3.38. The average Bonchev–Trinajstić information content (AvgIpc) is 2.43. The molecule has 0 atom stereocenters. The number of para-hydroxylation sites is 1. The van der Waals surface area contributed by atoms with E-state index in [9.17, 15) is 4.79 Å². The van der Waals surface area contributed by atoms with E-state index in [0.717, 1.165) is 10.2 Å². The van der Waals surface area contributed by atoms with Crippen molar-refractivity contribution in [2.24, 2.45) is 0 Å². The summed E-state index contributed by atoms with van der Waals surface area (Å²) in [4.78, 5) is 11.9.